The summed E-state index contributed by atoms with van der Waals surface area (Å²) >= 11 is 0. The summed E-state index contributed by atoms with van der Waals surface area (Å²) in [6.45, 7) is 1.17. The third-order valence-corrected chi connectivity index (χ3v) is 5.90. The molecule has 0 spiro atoms. The lowest BCUT2D eigenvalue weighted by Gasteiger charge is -2.33. The number of sulfonamides is 1. The first-order chi connectivity index (χ1) is 11.9. The SMILES string of the molecule is NNC(=O)C(=O)N1CCN(S(=O)(=O)c2ccc3c(c2)OCCO3)CC1. The maximum Gasteiger partial charge on any atom is 0.323 e. The quantitative estimate of drug-likeness (QED) is 0.274. The molecule has 3 N–H and O–H groups in total. The highest BCUT2D eigenvalue weighted by molar-refractivity contribution is 7.89. The van der Waals surface area contributed by atoms with Gasteiger partial charge in [-0.15, -0.1) is 0 Å². The minimum absolute atomic E-state index is 0.0837. The number of rotatable bonds is 2. The van der Waals surface area contributed by atoms with E-state index in [4.69, 9.17) is 15.3 Å². The number of hydrogen-bond donors (Lipinski definition) is 2. The summed E-state index contributed by atoms with van der Waals surface area (Å²) in [4.78, 5) is 24.4. The van der Waals surface area contributed by atoms with Gasteiger partial charge in [-0.2, -0.15) is 4.31 Å². The van der Waals surface area contributed by atoms with Crippen molar-refractivity contribution in [1.29, 1.82) is 0 Å². The molecule has 136 valence electrons. The van der Waals surface area contributed by atoms with Crippen LogP contribution in [-0.4, -0.2) is 68.8 Å². The monoisotopic (exact) mass is 370 g/mol. The van der Waals surface area contributed by atoms with Crippen LogP contribution in [0.2, 0.25) is 0 Å². The van der Waals surface area contributed by atoms with Gasteiger partial charge in [-0.3, -0.25) is 15.0 Å². The highest BCUT2D eigenvalue weighted by Gasteiger charge is 2.32. The van der Waals surface area contributed by atoms with Gasteiger partial charge in [0.05, 0.1) is 4.90 Å². The van der Waals surface area contributed by atoms with Crippen molar-refractivity contribution >= 4 is 21.8 Å². The zero-order valence-corrected chi connectivity index (χ0v) is 14.1. The second-order valence-electron chi connectivity index (χ2n) is 5.48. The van der Waals surface area contributed by atoms with Crippen molar-refractivity contribution in [2.75, 3.05) is 39.4 Å². The average Bonchev–Trinajstić information content (AvgIpc) is 2.66. The number of carbonyl (C=O) groups is 2. The number of benzene rings is 1. The van der Waals surface area contributed by atoms with Gasteiger partial charge >= 0.3 is 11.8 Å². The Morgan fingerprint density at radius 2 is 1.68 bits per heavy atom. The molecule has 2 amide bonds. The average molecular weight is 370 g/mol. The van der Waals surface area contributed by atoms with E-state index in [1.807, 2.05) is 0 Å². The van der Waals surface area contributed by atoms with Crippen molar-refractivity contribution in [3.05, 3.63) is 18.2 Å². The van der Waals surface area contributed by atoms with Crippen LogP contribution in [0.4, 0.5) is 0 Å². The van der Waals surface area contributed by atoms with Crippen molar-refractivity contribution in [2.24, 2.45) is 5.84 Å². The fraction of sp³-hybridized carbons (Fsp3) is 0.429. The van der Waals surface area contributed by atoms with Crippen LogP contribution in [0, 0.1) is 0 Å². The molecule has 1 saturated heterocycles. The molecule has 25 heavy (non-hydrogen) atoms. The Bertz CT molecular complexity index is 789. The van der Waals surface area contributed by atoms with Crippen LogP contribution in [-0.2, 0) is 19.6 Å². The number of piperazine rings is 1. The van der Waals surface area contributed by atoms with Gasteiger partial charge in [-0.05, 0) is 12.1 Å². The van der Waals surface area contributed by atoms with E-state index in [2.05, 4.69) is 0 Å². The molecule has 2 heterocycles. The van der Waals surface area contributed by atoms with Crippen LogP contribution >= 0.6 is 0 Å². The van der Waals surface area contributed by atoms with Gasteiger partial charge in [0.15, 0.2) is 11.5 Å². The van der Waals surface area contributed by atoms with E-state index in [0.717, 1.165) is 0 Å². The van der Waals surface area contributed by atoms with Crippen molar-refractivity contribution in [3.63, 3.8) is 0 Å². The van der Waals surface area contributed by atoms with Crippen LogP contribution in [0.1, 0.15) is 0 Å². The predicted molar refractivity (Wildman–Crippen MR) is 85.1 cm³/mol. The number of nitrogens with two attached hydrogens (primary N) is 1. The third-order valence-electron chi connectivity index (χ3n) is 4.00. The van der Waals surface area contributed by atoms with Gasteiger partial charge in [0.1, 0.15) is 13.2 Å². The number of hydrogen-bond acceptors (Lipinski definition) is 7. The molecular weight excluding hydrogens is 352 g/mol. The first-order valence-corrected chi connectivity index (χ1v) is 9.07. The van der Waals surface area contributed by atoms with Gasteiger partial charge in [0.2, 0.25) is 10.0 Å². The van der Waals surface area contributed by atoms with Gasteiger partial charge < -0.3 is 14.4 Å². The number of nitrogens with one attached hydrogen (secondary N) is 1. The molecule has 0 radical (unpaired) electrons. The largest absolute Gasteiger partial charge is 0.486 e. The van der Waals surface area contributed by atoms with Crippen molar-refractivity contribution in [1.82, 2.24) is 14.6 Å². The highest BCUT2D eigenvalue weighted by atomic mass is 32.2. The van der Waals surface area contributed by atoms with E-state index in [9.17, 15) is 18.0 Å². The number of nitrogens with zero attached hydrogens (tertiary/aromatic N) is 2. The second-order valence-corrected chi connectivity index (χ2v) is 7.41. The first kappa shape index (κ1) is 17.5. The van der Waals surface area contributed by atoms with Crippen molar-refractivity contribution in [3.8, 4) is 11.5 Å². The molecule has 1 fully saturated rings. The molecule has 2 aliphatic rings. The van der Waals surface area contributed by atoms with E-state index in [1.165, 1.54) is 21.3 Å². The molecule has 0 atom stereocenters. The Kier molecular flexibility index (Phi) is 4.79. The Hall–Kier alpha value is -2.37. The minimum Gasteiger partial charge on any atom is -0.486 e. The maximum atomic E-state index is 12.8. The predicted octanol–water partition coefficient (Wildman–Crippen LogP) is -1.72. The van der Waals surface area contributed by atoms with Gasteiger partial charge in [0, 0.05) is 32.2 Å². The Labute approximate surface area is 144 Å². The molecule has 0 bridgehead atoms. The number of ether oxygens (including phenoxy) is 2. The normalized spacial score (nSPS) is 17.9. The second kappa shape index (κ2) is 6.86. The van der Waals surface area contributed by atoms with Crippen LogP contribution in [0.3, 0.4) is 0 Å². The van der Waals surface area contributed by atoms with E-state index in [1.54, 1.807) is 11.5 Å². The molecule has 11 heteroatoms. The number of amides is 2. The molecule has 1 aromatic carbocycles. The van der Waals surface area contributed by atoms with Crippen molar-refractivity contribution in [2.45, 2.75) is 4.90 Å². The van der Waals surface area contributed by atoms with Crippen LogP contribution < -0.4 is 20.7 Å². The van der Waals surface area contributed by atoms with E-state index < -0.39 is 21.8 Å². The lowest BCUT2D eigenvalue weighted by molar-refractivity contribution is -0.146. The summed E-state index contributed by atoms with van der Waals surface area (Å²) in [6, 6.07) is 4.46. The van der Waals surface area contributed by atoms with E-state index in [-0.39, 0.29) is 31.1 Å². The fourth-order valence-corrected chi connectivity index (χ4v) is 4.11. The van der Waals surface area contributed by atoms with E-state index in [0.29, 0.717) is 24.7 Å². The summed E-state index contributed by atoms with van der Waals surface area (Å²) in [5, 5.41) is 0. The Morgan fingerprint density at radius 1 is 1.04 bits per heavy atom. The number of hydrazine groups is 1. The summed E-state index contributed by atoms with van der Waals surface area (Å²) < 4.78 is 37.6. The number of carbonyl (C=O) groups excluding carboxylic acids is 2. The molecule has 0 aromatic heterocycles. The number of fused-ring (bicyclic) bond motifs is 1. The van der Waals surface area contributed by atoms with Crippen LogP contribution in [0.25, 0.3) is 0 Å². The van der Waals surface area contributed by atoms with Crippen molar-refractivity contribution < 1.29 is 27.5 Å². The van der Waals surface area contributed by atoms with E-state index >= 15 is 0 Å². The Morgan fingerprint density at radius 3 is 2.32 bits per heavy atom. The lowest BCUT2D eigenvalue weighted by Crippen LogP contribution is -2.54. The highest BCUT2D eigenvalue weighted by Crippen LogP contribution is 2.33. The zero-order chi connectivity index (χ0) is 18.0. The summed E-state index contributed by atoms with van der Waals surface area (Å²) in [5.74, 6) is 4.12. The Balaban J connectivity index is 1.72. The molecule has 1 aromatic rings. The van der Waals surface area contributed by atoms with Crippen LogP contribution in [0.5, 0.6) is 11.5 Å². The summed E-state index contributed by atoms with van der Waals surface area (Å²) in [6.07, 6.45) is 0. The third kappa shape index (κ3) is 3.38. The topological polar surface area (TPSA) is 131 Å². The maximum absolute atomic E-state index is 12.8. The molecule has 3 rings (SSSR count). The van der Waals surface area contributed by atoms with Gasteiger partial charge in [0.25, 0.3) is 0 Å². The van der Waals surface area contributed by atoms with Crippen LogP contribution in [0.15, 0.2) is 23.1 Å². The molecule has 0 saturated carbocycles. The summed E-state index contributed by atoms with van der Waals surface area (Å²) in [7, 11) is -3.74. The van der Waals surface area contributed by atoms with Gasteiger partial charge in [-0.1, -0.05) is 0 Å². The van der Waals surface area contributed by atoms with Gasteiger partial charge in [-0.25, -0.2) is 14.3 Å². The summed E-state index contributed by atoms with van der Waals surface area (Å²) in [5.41, 5.74) is 1.77. The molecule has 0 aliphatic carbocycles. The molecule has 2 aliphatic heterocycles. The smallest absolute Gasteiger partial charge is 0.323 e. The fourth-order valence-electron chi connectivity index (χ4n) is 2.67. The first-order valence-electron chi connectivity index (χ1n) is 7.63. The molecule has 10 nitrogen and oxygen atoms in total. The zero-order valence-electron chi connectivity index (χ0n) is 13.3. The molecule has 0 unspecified atom stereocenters. The standard InChI is InChI=1S/C14H18N4O6S/c15-16-13(19)14(20)17-3-5-18(6-4-17)25(21,22)10-1-2-11-12(9-10)24-8-7-23-11/h1-2,9H,3-8,15H2,(H,16,19). The minimum atomic E-state index is -3.74. The lowest BCUT2D eigenvalue weighted by atomic mass is 10.3. The molecular formula is C14H18N4O6S.